The first-order valence-corrected chi connectivity index (χ1v) is 10.6. The van der Waals surface area contributed by atoms with Crippen LogP contribution in [0.25, 0.3) is 11.1 Å². The van der Waals surface area contributed by atoms with Crippen molar-refractivity contribution in [2.75, 3.05) is 13.2 Å². The Bertz CT molecular complexity index is 1010. The number of carbonyl (C=O) groups excluding carboxylic acids is 2. The fraction of sp³-hybridized carbons (Fsp3) is 0.375. The molecule has 0 bridgehead atoms. The molecule has 2 aromatic rings. The summed E-state index contributed by atoms with van der Waals surface area (Å²) < 4.78 is 32.1. The Labute approximate surface area is 190 Å². The van der Waals surface area contributed by atoms with Gasteiger partial charge in [-0.1, -0.05) is 61.9 Å². The van der Waals surface area contributed by atoms with Crippen molar-refractivity contribution in [3.05, 3.63) is 59.7 Å². The number of alkyl halides is 2. The third-order valence-corrected chi connectivity index (χ3v) is 5.76. The van der Waals surface area contributed by atoms with Gasteiger partial charge in [-0.3, -0.25) is 4.79 Å². The number of halogens is 2. The van der Waals surface area contributed by atoms with E-state index in [0.29, 0.717) is 6.42 Å². The number of amides is 2. The van der Waals surface area contributed by atoms with E-state index in [1.54, 1.807) is 6.92 Å². The molecule has 1 aliphatic carbocycles. The van der Waals surface area contributed by atoms with Crippen LogP contribution in [0.5, 0.6) is 0 Å². The minimum absolute atomic E-state index is 0.0285. The molecule has 2 amide bonds. The van der Waals surface area contributed by atoms with Crippen LogP contribution in [0.3, 0.4) is 0 Å². The van der Waals surface area contributed by atoms with Gasteiger partial charge in [0.15, 0.2) is 0 Å². The maximum absolute atomic E-state index is 13.4. The van der Waals surface area contributed by atoms with Gasteiger partial charge in [-0.25, -0.2) is 9.59 Å². The van der Waals surface area contributed by atoms with Gasteiger partial charge in [0.25, 0.3) is 0 Å². The summed E-state index contributed by atoms with van der Waals surface area (Å²) in [5, 5.41) is 12.9. The van der Waals surface area contributed by atoms with Crippen molar-refractivity contribution >= 4 is 18.0 Å². The number of fused-ring (bicyclic) bond motifs is 3. The van der Waals surface area contributed by atoms with Gasteiger partial charge in [0.1, 0.15) is 12.1 Å². The Balaban J connectivity index is 1.67. The third kappa shape index (κ3) is 5.13. The number of hydrogen-bond donors (Lipinski definition) is 3. The van der Waals surface area contributed by atoms with E-state index in [2.05, 4.69) is 5.32 Å². The molecule has 1 unspecified atom stereocenters. The van der Waals surface area contributed by atoms with Crippen molar-refractivity contribution in [3.63, 3.8) is 0 Å². The van der Waals surface area contributed by atoms with E-state index in [9.17, 15) is 23.2 Å². The number of carboxylic acid groups (broad SMARTS) is 1. The van der Waals surface area contributed by atoms with Gasteiger partial charge in [-0.05, 0) is 35.6 Å². The number of nitrogens with one attached hydrogen (secondary N) is 2. The van der Waals surface area contributed by atoms with Gasteiger partial charge in [0, 0.05) is 5.92 Å². The van der Waals surface area contributed by atoms with Gasteiger partial charge in [0.2, 0.25) is 5.91 Å². The smallest absolute Gasteiger partial charge is 0.408 e. The average Bonchev–Trinajstić information content (AvgIpc) is 3.10. The van der Waals surface area contributed by atoms with E-state index in [4.69, 9.17) is 9.84 Å². The second-order valence-electron chi connectivity index (χ2n) is 8.22. The molecule has 1 atom stereocenters. The molecule has 0 saturated heterocycles. The Morgan fingerprint density at radius 1 is 1.03 bits per heavy atom. The molecule has 3 rings (SSSR count). The van der Waals surface area contributed by atoms with Crippen molar-refractivity contribution in [3.8, 4) is 11.1 Å². The summed E-state index contributed by atoms with van der Waals surface area (Å²) in [4.78, 5) is 35.7. The van der Waals surface area contributed by atoms with Crippen molar-refractivity contribution in [1.29, 1.82) is 0 Å². The van der Waals surface area contributed by atoms with E-state index in [1.807, 2.05) is 53.8 Å². The number of alkyl carbamates (subject to hydrolysis) is 1. The Hall–Kier alpha value is -3.49. The number of ether oxygens (including phenoxy) is 1. The average molecular weight is 460 g/mol. The van der Waals surface area contributed by atoms with Crippen LogP contribution in [0, 0.1) is 0 Å². The maximum Gasteiger partial charge on any atom is 0.408 e. The topological polar surface area (TPSA) is 105 Å². The van der Waals surface area contributed by atoms with Crippen LogP contribution in [-0.2, 0) is 14.3 Å². The summed E-state index contributed by atoms with van der Waals surface area (Å²) in [6.45, 7) is 1.79. The number of carboxylic acids is 1. The number of hydrogen-bond acceptors (Lipinski definition) is 4. The summed E-state index contributed by atoms with van der Waals surface area (Å²) in [6, 6.07) is 15.6. The fourth-order valence-corrected chi connectivity index (χ4v) is 4.05. The number of carbonyl (C=O) groups is 3. The highest BCUT2D eigenvalue weighted by molar-refractivity contribution is 5.90. The molecule has 33 heavy (non-hydrogen) atoms. The van der Waals surface area contributed by atoms with Crippen LogP contribution < -0.4 is 10.6 Å². The molecule has 0 spiro atoms. The molecule has 0 radical (unpaired) electrons. The minimum Gasteiger partial charge on any atom is -0.477 e. The second-order valence-corrected chi connectivity index (χ2v) is 8.22. The molecule has 0 aromatic heterocycles. The van der Waals surface area contributed by atoms with E-state index in [-0.39, 0.29) is 18.9 Å². The molecular weight excluding hydrogens is 434 g/mol. The van der Waals surface area contributed by atoms with E-state index in [1.165, 1.54) is 6.92 Å². The molecule has 0 heterocycles. The Morgan fingerprint density at radius 3 is 2.09 bits per heavy atom. The van der Waals surface area contributed by atoms with E-state index in [0.717, 1.165) is 22.3 Å². The summed E-state index contributed by atoms with van der Waals surface area (Å²) in [6.07, 6.45) is -0.266. The van der Waals surface area contributed by atoms with Crippen LogP contribution in [0.1, 0.15) is 43.7 Å². The lowest BCUT2D eigenvalue weighted by molar-refractivity contribution is -0.164. The first kappa shape index (κ1) is 24.2. The van der Waals surface area contributed by atoms with E-state index >= 15 is 0 Å². The predicted molar refractivity (Wildman–Crippen MR) is 117 cm³/mol. The van der Waals surface area contributed by atoms with Crippen molar-refractivity contribution in [1.82, 2.24) is 10.6 Å². The molecule has 0 fully saturated rings. The van der Waals surface area contributed by atoms with Crippen LogP contribution in [0.15, 0.2) is 48.5 Å². The van der Waals surface area contributed by atoms with Gasteiger partial charge in [-0.15, -0.1) is 0 Å². The van der Waals surface area contributed by atoms with Crippen molar-refractivity contribution < 1.29 is 33.0 Å². The van der Waals surface area contributed by atoms with Gasteiger partial charge in [0.05, 0.1) is 6.54 Å². The first-order chi connectivity index (χ1) is 15.6. The Kier molecular flexibility index (Phi) is 7.00. The predicted octanol–water partition coefficient (Wildman–Crippen LogP) is 3.92. The Morgan fingerprint density at radius 2 is 1.58 bits per heavy atom. The summed E-state index contributed by atoms with van der Waals surface area (Å²) in [5.41, 5.74) is 2.63. The molecule has 0 saturated carbocycles. The summed E-state index contributed by atoms with van der Waals surface area (Å²) >= 11 is 0. The van der Waals surface area contributed by atoms with Gasteiger partial charge < -0.3 is 20.5 Å². The quantitative estimate of drug-likeness (QED) is 0.526. The molecule has 176 valence electrons. The highest BCUT2D eigenvalue weighted by atomic mass is 19.3. The van der Waals surface area contributed by atoms with Gasteiger partial charge >= 0.3 is 18.0 Å². The maximum atomic E-state index is 13.4. The van der Waals surface area contributed by atoms with Crippen LogP contribution in [-0.4, -0.2) is 47.7 Å². The zero-order chi connectivity index (χ0) is 24.2. The minimum atomic E-state index is -4.12. The largest absolute Gasteiger partial charge is 0.477 e. The summed E-state index contributed by atoms with van der Waals surface area (Å²) in [5.74, 6) is -7.56. The van der Waals surface area contributed by atoms with Crippen molar-refractivity contribution in [2.45, 2.75) is 44.1 Å². The third-order valence-electron chi connectivity index (χ3n) is 5.76. The number of benzene rings is 2. The molecule has 2 aromatic carbocycles. The highest BCUT2D eigenvalue weighted by Gasteiger charge is 2.42. The first-order valence-electron chi connectivity index (χ1n) is 10.6. The van der Waals surface area contributed by atoms with Gasteiger partial charge in [-0.2, -0.15) is 8.78 Å². The molecular formula is C24H26F2N2O5. The standard InChI is InChI=1S/C24H26F2N2O5/c1-3-12-23(2,20(29)27-14-24(25,26)21(30)31)28-22(32)33-13-19-17-10-6-4-8-15(17)16-9-5-7-11-18(16)19/h4-11,19H,3,12-14H2,1-2H3,(H,27,29)(H,28,32)(H,30,31). The SMILES string of the molecule is CCCC(C)(NC(=O)OCC1c2ccccc2-c2ccccc21)C(=O)NCC(F)(F)C(=O)O. The fourth-order valence-electron chi connectivity index (χ4n) is 4.05. The van der Waals surface area contributed by atoms with Crippen molar-refractivity contribution in [2.24, 2.45) is 0 Å². The zero-order valence-corrected chi connectivity index (χ0v) is 18.4. The lowest BCUT2D eigenvalue weighted by atomic mass is 9.95. The normalized spacial score (nSPS) is 14.5. The lowest BCUT2D eigenvalue weighted by Gasteiger charge is -2.29. The van der Waals surface area contributed by atoms with Crippen LogP contribution in [0.4, 0.5) is 13.6 Å². The monoisotopic (exact) mass is 460 g/mol. The van der Waals surface area contributed by atoms with Crippen LogP contribution >= 0.6 is 0 Å². The highest BCUT2D eigenvalue weighted by Crippen LogP contribution is 2.44. The summed E-state index contributed by atoms with van der Waals surface area (Å²) in [7, 11) is 0. The molecule has 3 N–H and O–H groups in total. The second kappa shape index (κ2) is 9.56. The number of aliphatic carboxylic acids is 1. The molecule has 7 nitrogen and oxygen atoms in total. The number of rotatable bonds is 9. The molecule has 9 heteroatoms. The van der Waals surface area contributed by atoms with Crippen LogP contribution in [0.2, 0.25) is 0 Å². The van der Waals surface area contributed by atoms with E-state index < -0.39 is 36.0 Å². The molecule has 1 aliphatic rings. The lowest BCUT2D eigenvalue weighted by Crippen LogP contribution is -2.58. The molecule has 0 aliphatic heterocycles. The zero-order valence-electron chi connectivity index (χ0n) is 18.4.